The number of aromatic hydroxyl groups is 1. The van der Waals surface area contributed by atoms with Gasteiger partial charge < -0.3 is 30.8 Å². The number of carboxylic acid groups (broad SMARTS) is 2. The molecule has 4 rings (SSSR count). The van der Waals surface area contributed by atoms with Gasteiger partial charge in [0.25, 0.3) is 11.1 Å². The lowest BCUT2D eigenvalue weighted by Gasteiger charge is -2.49. The first-order valence-electron chi connectivity index (χ1n) is 10.1. The average molecular weight is 522 g/mol. The SMILES string of the molecule is NC(C(=O)NC1C(=O)N2C(C(=O)O)=C(CSc3nnc(CC(=O)O)o3)CS[C@@H]12)c1ccc(O)cc1. The number of nitrogens with two attached hydrogens (primary N) is 1. The largest absolute Gasteiger partial charge is 0.508 e. The third kappa shape index (κ3) is 5.11. The van der Waals surface area contributed by atoms with Gasteiger partial charge in [-0.15, -0.1) is 22.0 Å². The van der Waals surface area contributed by atoms with Crippen molar-refractivity contribution in [1.82, 2.24) is 20.4 Å². The minimum absolute atomic E-state index is 0.0199. The number of aliphatic carboxylic acids is 2. The standard InChI is InChI=1S/C20H19N5O8S2/c21-13(8-1-3-10(26)4-2-8)16(29)22-14-17(30)25-15(19(31)32)9(6-34-18(14)25)7-35-20-24-23-11(33-20)5-12(27)28/h1-4,13-14,18,26H,5-7,21H2,(H,22,29)(H,27,28)(H,31,32)/t13?,14?,18-/m0/s1. The van der Waals surface area contributed by atoms with Crippen LogP contribution in [-0.4, -0.2) is 77.1 Å². The molecule has 2 unspecified atom stereocenters. The highest BCUT2D eigenvalue weighted by Crippen LogP contribution is 2.41. The van der Waals surface area contributed by atoms with Gasteiger partial charge in [-0.25, -0.2) is 4.79 Å². The number of fused-ring (bicyclic) bond motifs is 1. The van der Waals surface area contributed by atoms with Crippen molar-refractivity contribution in [3.05, 3.63) is 47.0 Å². The molecule has 0 bridgehead atoms. The van der Waals surface area contributed by atoms with Crippen LogP contribution < -0.4 is 11.1 Å². The van der Waals surface area contributed by atoms with Crippen molar-refractivity contribution in [2.45, 2.75) is 29.1 Å². The second-order valence-electron chi connectivity index (χ2n) is 7.54. The highest BCUT2D eigenvalue weighted by molar-refractivity contribution is 8.01. The van der Waals surface area contributed by atoms with Gasteiger partial charge in [-0.1, -0.05) is 23.9 Å². The number of carbonyl (C=O) groups excluding carboxylic acids is 2. The monoisotopic (exact) mass is 521 g/mol. The number of benzene rings is 1. The molecule has 35 heavy (non-hydrogen) atoms. The summed E-state index contributed by atoms with van der Waals surface area (Å²) in [5.74, 6) is -3.25. The molecular weight excluding hydrogens is 502 g/mol. The maximum Gasteiger partial charge on any atom is 0.352 e. The first-order valence-corrected chi connectivity index (χ1v) is 12.1. The molecular formula is C20H19N5O8S2. The zero-order chi connectivity index (χ0) is 25.3. The summed E-state index contributed by atoms with van der Waals surface area (Å²) in [5.41, 5.74) is 6.68. The smallest absolute Gasteiger partial charge is 0.352 e. The second-order valence-corrected chi connectivity index (χ2v) is 9.58. The summed E-state index contributed by atoms with van der Waals surface area (Å²) in [5, 5.41) is 37.3. The molecule has 2 amide bonds. The number of aromatic nitrogens is 2. The topological polar surface area (TPSA) is 209 Å². The summed E-state index contributed by atoms with van der Waals surface area (Å²) in [6.07, 6.45) is -0.431. The molecule has 1 saturated heterocycles. The fourth-order valence-electron chi connectivity index (χ4n) is 3.52. The van der Waals surface area contributed by atoms with Crippen LogP contribution >= 0.6 is 23.5 Å². The number of hydrogen-bond donors (Lipinski definition) is 5. The van der Waals surface area contributed by atoms with Crippen LogP contribution in [0.3, 0.4) is 0 Å². The number of phenolic OH excluding ortho intramolecular Hbond substituents is 1. The zero-order valence-corrected chi connectivity index (χ0v) is 19.4. The molecule has 184 valence electrons. The minimum atomic E-state index is -1.29. The average Bonchev–Trinajstić information content (AvgIpc) is 3.26. The van der Waals surface area contributed by atoms with E-state index in [0.717, 1.165) is 16.7 Å². The maximum atomic E-state index is 12.8. The number of β-lactam (4-membered cyclic amide) rings is 1. The summed E-state index contributed by atoms with van der Waals surface area (Å²) in [6, 6.07) is 3.75. The Labute approximate surface area is 205 Å². The maximum absolute atomic E-state index is 12.8. The highest BCUT2D eigenvalue weighted by atomic mass is 32.2. The third-order valence-corrected chi connectivity index (χ3v) is 7.45. The van der Waals surface area contributed by atoms with E-state index in [4.69, 9.17) is 15.3 Å². The number of carboxylic acids is 2. The number of amides is 2. The molecule has 6 N–H and O–H groups in total. The van der Waals surface area contributed by atoms with E-state index in [1.54, 1.807) is 0 Å². The molecule has 2 aliphatic rings. The molecule has 1 aromatic heterocycles. The van der Waals surface area contributed by atoms with E-state index in [1.165, 1.54) is 36.0 Å². The van der Waals surface area contributed by atoms with E-state index in [2.05, 4.69) is 15.5 Å². The summed E-state index contributed by atoms with van der Waals surface area (Å²) >= 11 is 2.32. The first kappa shape index (κ1) is 24.6. The predicted molar refractivity (Wildman–Crippen MR) is 121 cm³/mol. The number of thioether (sulfide) groups is 2. The molecule has 2 aromatic rings. The van der Waals surface area contributed by atoms with Crippen molar-refractivity contribution < 1.29 is 38.9 Å². The molecule has 13 nitrogen and oxygen atoms in total. The van der Waals surface area contributed by atoms with E-state index < -0.39 is 47.6 Å². The van der Waals surface area contributed by atoms with Crippen LogP contribution in [0.5, 0.6) is 5.75 Å². The van der Waals surface area contributed by atoms with Crippen LogP contribution in [0.25, 0.3) is 0 Å². The number of nitrogens with one attached hydrogen (secondary N) is 1. The molecule has 0 saturated carbocycles. The molecule has 0 aliphatic carbocycles. The molecule has 0 spiro atoms. The summed E-state index contributed by atoms with van der Waals surface area (Å²) in [6.45, 7) is 0. The van der Waals surface area contributed by atoms with E-state index >= 15 is 0 Å². The van der Waals surface area contributed by atoms with Crippen LogP contribution in [0.15, 0.2) is 45.2 Å². The quantitative estimate of drug-likeness (QED) is 0.216. The van der Waals surface area contributed by atoms with Gasteiger partial charge in [0.1, 0.15) is 35.3 Å². The molecule has 15 heteroatoms. The molecule has 0 radical (unpaired) electrons. The highest BCUT2D eigenvalue weighted by Gasteiger charge is 2.54. The summed E-state index contributed by atoms with van der Waals surface area (Å²) in [7, 11) is 0. The van der Waals surface area contributed by atoms with Gasteiger partial charge in [-0.3, -0.25) is 19.3 Å². The third-order valence-electron chi connectivity index (χ3n) is 5.20. The van der Waals surface area contributed by atoms with Crippen molar-refractivity contribution in [3.63, 3.8) is 0 Å². The van der Waals surface area contributed by atoms with E-state index in [0.29, 0.717) is 11.1 Å². The van der Waals surface area contributed by atoms with Gasteiger partial charge in [0.15, 0.2) is 0 Å². The van der Waals surface area contributed by atoms with Crippen LogP contribution in [0.2, 0.25) is 0 Å². The Bertz CT molecular complexity index is 1210. The Kier molecular flexibility index (Phi) is 7.00. The molecule has 1 fully saturated rings. The van der Waals surface area contributed by atoms with E-state index in [1.807, 2.05) is 0 Å². The first-order chi connectivity index (χ1) is 16.7. The lowest BCUT2D eigenvalue weighted by atomic mass is 10.0. The van der Waals surface area contributed by atoms with Crippen molar-refractivity contribution in [2.75, 3.05) is 11.5 Å². The fraction of sp³-hybridized carbons (Fsp3) is 0.300. The molecule has 3 heterocycles. The Morgan fingerprint density at radius 3 is 2.63 bits per heavy atom. The van der Waals surface area contributed by atoms with Crippen molar-refractivity contribution in [2.24, 2.45) is 5.73 Å². The Balaban J connectivity index is 1.42. The van der Waals surface area contributed by atoms with Crippen molar-refractivity contribution in [1.29, 1.82) is 0 Å². The molecule has 1 aromatic carbocycles. The summed E-state index contributed by atoms with van der Waals surface area (Å²) in [4.78, 5) is 49.2. The van der Waals surface area contributed by atoms with Gasteiger partial charge in [-0.2, -0.15) is 0 Å². The van der Waals surface area contributed by atoms with Gasteiger partial charge in [-0.05, 0) is 23.3 Å². The fourth-order valence-corrected chi connectivity index (χ4v) is 5.78. The van der Waals surface area contributed by atoms with Crippen LogP contribution in [0, 0.1) is 0 Å². The number of carbonyl (C=O) groups is 4. The van der Waals surface area contributed by atoms with Crippen LogP contribution in [0.1, 0.15) is 17.5 Å². The Morgan fingerprint density at radius 1 is 1.26 bits per heavy atom. The number of phenols is 1. The van der Waals surface area contributed by atoms with Crippen LogP contribution in [-0.2, 0) is 25.6 Å². The zero-order valence-electron chi connectivity index (χ0n) is 17.8. The number of hydrogen-bond acceptors (Lipinski definition) is 11. The second kappa shape index (κ2) is 9.97. The Hall–Kier alpha value is -3.56. The lowest BCUT2D eigenvalue weighted by Crippen LogP contribution is -2.71. The molecule has 3 atom stereocenters. The van der Waals surface area contributed by atoms with E-state index in [9.17, 15) is 29.4 Å². The van der Waals surface area contributed by atoms with Gasteiger partial charge in [0.2, 0.25) is 11.8 Å². The predicted octanol–water partition coefficient (Wildman–Crippen LogP) is -0.0670. The number of nitrogens with zero attached hydrogens (tertiary/aromatic N) is 3. The van der Waals surface area contributed by atoms with E-state index in [-0.39, 0.29) is 34.1 Å². The molecule has 2 aliphatic heterocycles. The Morgan fingerprint density at radius 2 is 1.97 bits per heavy atom. The van der Waals surface area contributed by atoms with Gasteiger partial charge >= 0.3 is 11.9 Å². The normalized spacial score (nSPS) is 20.1. The van der Waals surface area contributed by atoms with Gasteiger partial charge in [0, 0.05) is 11.5 Å². The summed E-state index contributed by atoms with van der Waals surface area (Å²) < 4.78 is 5.22. The minimum Gasteiger partial charge on any atom is -0.508 e. The van der Waals surface area contributed by atoms with Gasteiger partial charge in [0.05, 0.1) is 0 Å². The van der Waals surface area contributed by atoms with Crippen LogP contribution in [0.4, 0.5) is 0 Å². The van der Waals surface area contributed by atoms with Crippen molar-refractivity contribution in [3.8, 4) is 5.75 Å². The van der Waals surface area contributed by atoms with Crippen molar-refractivity contribution >= 4 is 47.3 Å². The lowest BCUT2D eigenvalue weighted by molar-refractivity contribution is -0.150. The number of rotatable bonds is 9.